The summed E-state index contributed by atoms with van der Waals surface area (Å²) in [5, 5.41) is 3.28. The Labute approximate surface area is 113 Å². The molecule has 0 radical (unpaired) electrons. The molecule has 1 aliphatic heterocycles. The lowest BCUT2D eigenvalue weighted by molar-refractivity contribution is -0.131. The second-order valence-electron chi connectivity index (χ2n) is 4.61. The van der Waals surface area contributed by atoms with Crippen molar-refractivity contribution in [2.45, 2.75) is 12.5 Å². The van der Waals surface area contributed by atoms with E-state index in [9.17, 15) is 4.79 Å². The predicted octanol–water partition coefficient (Wildman–Crippen LogP) is 1.20. The third kappa shape index (κ3) is 2.81. The minimum atomic E-state index is -0.313. The standard InChI is InChI=1S/C14H20N2O3/c1-16-8-4-7-15-13(14(16)17)10-5-6-11(18-2)12(9-10)19-3/h5-6,9,13,15H,4,7-8H2,1-3H3. The summed E-state index contributed by atoms with van der Waals surface area (Å²) < 4.78 is 10.5. The van der Waals surface area contributed by atoms with E-state index in [0.29, 0.717) is 11.5 Å². The fourth-order valence-electron chi connectivity index (χ4n) is 2.27. The van der Waals surface area contributed by atoms with Crippen molar-refractivity contribution in [2.75, 3.05) is 34.4 Å². The molecule has 19 heavy (non-hydrogen) atoms. The van der Waals surface area contributed by atoms with Crippen molar-refractivity contribution in [2.24, 2.45) is 0 Å². The van der Waals surface area contributed by atoms with Crippen LogP contribution < -0.4 is 14.8 Å². The molecule has 5 nitrogen and oxygen atoms in total. The van der Waals surface area contributed by atoms with E-state index in [2.05, 4.69) is 5.32 Å². The SMILES string of the molecule is COc1ccc(C2NCCCN(C)C2=O)cc1OC. The highest BCUT2D eigenvalue weighted by atomic mass is 16.5. The number of hydrogen-bond donors (Lipinski definition) is 1. The van der Waals surface area contributed by atoms with E-state index >= 15 is 0 Å². The van der Waals surface area contributed by atoms with Crippen molar-refractivity contribution in [3.05, 3.63) is 23.8 Å². The van der Waals surface area contributed by atoms with Gasteiger partial charge in [-0.2, -0.15) is 0 Å². The lowest BCUT2D eigenvalue weighted by Crippen LogP contribution is -2.35. The maximum Gasteiger partial charge on any atom is 0.244 e. The van der Waals surface area contributed by atoms with Crippen molar-refractivity contribution in [1.29, 1.82) is 0 Å². The summed E-state index contributed by atoms with van der Waals surface area (Å²) in [6, 6.07) is 5.27. The second-order valence-corrected chi connectivity index (χ2v) is 4.61. The number of nitrogens with one attached hydrogen (secondary N) is 1. The lowest BCUT2D eigenvalue weighted by atomic mass is 10.1. The smallest absolute Gasteiger partial charge is 0.244 e. The van der Waals surface area contributed by atoms with Crippen LogP contribution >= 0.6 is 0 Å². The molecule has 1 saturated heterocycles. The van der Waals surface area contributed by atoms with Crippen molar-refractivity contribution in [1.82, 2.24) is 10.2 Å². The molecule has 1 heterocycles. The summed E-state index contributed by atoms with van der Waals surface area (Å²) in [6.45, 7) is 1.62. The van der Waals surface area contributed by atoms with Gasteiger partial charge in [-0.05, 0) is 30.7 Å². The molecule has 0 aliphatic carbocycles. The molecule has 0 spiro atoms. The molecule has 1 aromatic carbocycles. The third-order valence-corrected chi connectivity index (χ3v) is 3.38. The minimum Gasteiger partial charge on any atom is -0.493 e. The van der Waals surface area contributed by atoms with Crippen LogP contribution in [0.1, 0.15) is 18.0 Å². The normalized spacial score (nSPS) is 20.1. The summed E-state index contributed by atoms with van der Waals surface area (Å²) in [7, 11) is 5.03. The van der Waals surface area contributed by atoms with Crippen LogP contribution in [0.3, 0.4) is 0 Å². The maximum absolute atomic E-state index is 12.3. The Morgan fingerprint density at radius 3 is 2.68 bits per heavy atom. The zero-order valence-corrected chi connectivity index (χ0v) is 11.6. The number of carbonyl (C=O) groups is 1. The monoisotopic (exact) mass is 264 g/mol. The van der Waals surface area contributed by atoms with E-state index in [4.69, 9.17) is 9.47 Å². The molecule has 0 aromatic heterocycles. The number of methoxy groups -OCH3 is 2. The molecular formula is C14H20N2O3. The van der Waals surface area contributed by atoms with Crippen LogP contribution in [0, 0.1) is 0 Å². The zero-order chi connectivity index (χ0) is 13.8. The molecule has 1 aromatic rings. The number of nitrogens with zero attached hydrogens (tertiary/aromatic N) is 1. The Bertz CT molecular complexity index is 462. The van der Waals surface area contributed by atoms with E-state index < -0.39 is 0 Å². The summed E-state index contributed by atoms with van der Waals surface area (Å²) in [5.74, 6) is 1.40. The molecule has 0 saturated carbocycles. The van der Waals surface area contributed by atoms with Crippen LogP contribution in [-0.2, 0) is 4.79 Å². The molecule has 1 fully saturated rings. The lowest BCUT2D eigenvalue weighted by Gasteiger charge is -2.21. The average Bonchev–Trinajstić information content (AvgIpc) is 2.61. The van der Waals surface area contributed by atoms with Gasteiger partial charge in [-0.25, -0.2) is 0 Å². The first-order valence-electron chi connectivity index (χ1n) is 6.37. The molecule has 1 atom stereocenters. The van der Waals surface area contributed by atoms with Gasteiger partial charge >= 0.3 is 0 Å². The number of rotatable bonds is 3. The van der Waals surface area contributed by atoms with Gasteiger partial charge in [0.2, 0.25) is 5.91 Å². The van der Waals surface area contributed by atoms with Crippen molar-refractivity contribution in [3.8, 4) is 11.5 Å². The molecule has 104 valence electrons. The van der Waals surface area contributed by atoms with Gasteiger partial charge < -0.3 is 19.7 Å². The van der Waals surface area contributed by atoms with Crippen LogP contribution in [0.5, 0.6) is 11.5 Å². The molecular weight excluding hydrogens is 244 g/mol. The number of carbonyl (C=O) groups excluding carboxylic acids is 1. The Hall–Kier alpha value is -1.75. The Kier molecular flexibility index (Phi) is 4.27. The fraction of sp³-hybridized carbons (Fsp3) is 0.500. The van der Waals surface area contributed by atoms with Gasteiger partial charge in [-0.3, -0.25) is 4.79 Å². The molecule has 1 N–H and O–H groups in total. The first kappa shape index (κ1) is 13.7. The summed E-state index contributed by atoms with van der Waals surface area (Å²) >= 11 is 0. The third-order valence-electron chi connectivity index (χ3n) is 3.38. The van der Waals surface area contributed by atoms with E-state index in [0.717, 1.165) is 25.1 Å². The van der Waals surface area contributed by atoms with E-state index in [1.807, 2.05) is 25.2 Å². The van der Waals surface area contributed by atoms with Crippen LogP contribution in [-0.4, -0.2) is 45.2 Å². The minimum absolute atomic E-state index is 0.0877. The van der Waals surface area contributed by atoms with Crippen LogP contribution in [0.4, 0.5) is 0 Å². The highest BCUT2D eigenvalue weighted by Gasteiger charge is 2.26. The summed E-state index contributed by atoms with van der Waals surface area (Å²) in [6.07, 6.45) is 0.964. The van der Waals surface area contributed by atoms with Crippen molar-refractivity contribution >= 4 is 5.91 Å². The van der Waals surface area contributed by atoms with Gasteiger partial charge in [-0.1, -0.05) is 6.07 Å². The Morgan fingerprint density at radius 2 is 2.00 bits per heavy atom. The highest BCUT2D eigenvalue weighted by Crippen LogP contribution is 2.30. The van der Waals surface area contributed by atoms with Gasteiger partial charge in [0.15, 0.2) is 11.5 Å². The van der Waals surface area contributed by atoms with Gasteiger partial charge in [0.05, 0.1) is 14.2 Å². The number of likely N-dealkylation sites (N-methyl/N-ethyl adjacent to an activating group) is 1. The van der Waals surface area contributed by atoms with Gasteiger partial charge in [-0.15, -0.1) is 0 Å². The first-order valence-corrected chi connectivity index (χ1v) is 6.37. The van der Waals surface area contributed by atoms with Crippen molar-refractivity contribution < 1.29 is 14.3 Å². The number of hydrogen-bond acceptors (Lipinski definition) is 4. The average molecular weight is 264 g/mol. The number of amides is 1. The van der Waals surface area contributed by atoms with Crippen LogP contribution in [0.25, 0.3) is 0 Å². The molecule has 2 rings (SSSR count). The van der Waals surface area contributed by atoms with E-state index in [1.165, 1.54) is 0 Å². The summed E-state index contributed by atoms with van der Waals surface area (Å²) in [4.78, 5) is 14.1. The Balaban J connectivity index is 2.31. The predicted molar refractivity (Wildman–Crippen MR) is 72.5 cm³/mol. The quantitative estimate of drug-likeness (QED) is 0.891. The summed E-state index contributed by atoms with van der Waals surface area (Å²) in [5.41, 5.74) is 0.899. The molecule has 1 amide bonds. The zero-order valence-electron chi connectivity index (χ0n) is 11.6. The van der Waals surface area contributed by atoms with Gasteiger partial charge in [0.1, 0.15) is 6.04 Å². The second kappa shape index (κ2) is 5.93. The molecule has 0 bridgehead atoms. The number of benzene rings is 1. The largest absolute Gasteiger partial charge is 0.493 e. The van der Waals surface area contributed by atoms with Gasteiger partial charge in [0, 0.05) is 13.6 Å². The van der Waals surface area contributed by atoms with E-state index in [1.54, 1.807) is 19.1 Å². The number of ether oxygens (including phenoxy) is 2. The maximum atomic E-state index is 12.3. The van der Waals surface area contributed by atoms with Gasteiger partial charge in [0.25, 0.3) is 0 Å². The molecule has 1 unspecified atom stereocenters. The fourth-order valence-corrected chi connectivity index (χ4v) is 2.27. The Morgan fingerprint density at radius 1 is 1.26 bits per heavy atom. The molecule has 5 heteroatoms. The first-order chi connectivity index (χ1) is 9.17. The van der Waals surface area contributed by atoms with E-state index in [-0.39, 0.29) is 11.9 Å². The topological polar surface area (TPSA) is 50.8 Å². The van der Waals surface area contributed by atoms with Crippen LogP contribution in [0.15, 0.2) is 18.2 Å². The highest BCUT2D eigenvalue weighted by molar-refractivity contribution is 5.83. The van der Waals surface area contributed by atoms with Crippen LogP contribution in [0.2, 0.25) is 0 Å². The molecule has 1 aliphatic rings. The van der Waals surface area contributed by atoms with Crippen molar-refractivity contribution in [3.63, 3.8) is 0 Å².